The van der Waals surface area contributed by atoms with Crippen LogP contribution in [-0.2, 0) is 20.8 Å². The molecule has 0 bridgehead atoms. The van der Waals surface area contributed by atoms with Crippen LogP contribution in [0.2, 0.25) is 0 Å². The number of anilines is 1. The van der Waals surface area contributed by atoms with E-state index in [-0.39, 0.29) is 12.3 Å². The van der Waals surface area contributed by atoms with Gasteiger partial charge in [-0.1, -0.05) is 55.2 Å². The van der Waals surface area contributed by atoms with Gasteiger partial charge in [-0.15, -0.1) is 0 Å². The van der Waals surface area contributed by atoms with Crippen LogP contribution < -0.4 is 9.64 Å². The minimum Gasteiger partial charge on any atom is -0.481 e. The van der Waals surface area contributed by atoms with Gasteiger partial charge < -0.3 is 14.9 Å². The number of rotatable bonds is 8. The van der Waals surface area contributed by atoms with Gasteiger partial charge in [-0.05, 0) is 47.9 Å². The first-order valence-corrected chi connectivity index (χ1v) is 10.6. The maximum atomic E-state index is 12.9. The van der Waals surface area contributed by atoms with Crippen LogP contribution in [0.4, 0.5) is 5.69 Å². The Morgan fingerprint density at radius 3 is 2.52 bits per heavy atom. The first kappa shape index (κ1) is 22.5. The molecule has 1 atom stereocenters. The second-order valence-electron chi connectivity index (χ2n) is 6.68. The molecule has 1 unspecified atom stereocenters. The molecule has 1 heterocycles. The van der Waals surface area contributed by atoms with Gasteiger partial charge >= 0.3 is 11.9 Å². The molecule has 9 heteroatoms. The van der Waals surface area contributed by atoms with E-state index in [0.717, 1.165) is 11.8 Å². The molecular weight excluding hydrogens is 438 g/mol. The molecule has 7 nitrogen and oxygen atoms in total. The van der Waals surface area contributed by atoms with E-state index in [1.165, 1.54) is 4.90 Å². The molecule has 1 amide bonds. The van der Waals surface area contributed by atoms with Crippen molar-refractivity contribution < 1.29 is 29.3 Å². The van der Waals surface area contributed by atoms with Crippen molar-refractivity contribution in [1.29, 1.82) is 0 Å². The molecule has 3 rings (SSSR count). The smallest absolute Gasteiger partial charge is 0.344 e. The van der Waals surface area contributed by atoms with Crippen molar-refractivity contribution in [2.24, 2.45) is 0 Å². The molecule has 0 aromatic heterocycles. The summed E-state index contributed by atoms with van der Waals surface area (Å²) in [6.45, 7) is 1.72. The Labute approximate surface area is 188 Å². The summed E-state index contributed by atoms with van der Waals surface area (Å²) in [6, 6.07) is 13.5. The fraction of sp³-hybridized carbons (Fsp3) is 0.182. The van der Waals surface area contributed by atoms with Crippen LogP contribution in [0.1, 0.15) is 24.5 Å². The highest BCUT2D eigenvalue weighted by atomic mass is 32.2. The third-order valence-electron chi connectivity index (χ3n) is 4.42. The number of hydrogen-bond acceptors (Lipinski definition) is 6. The number of hydrogen-bond donors (Lipinski definition) is 2. The Morgan fingerprint density at radius 1 is 1.19 bits per heavy atom. The van der Waals surface area contributed by atoms with Gasteiger partial charge in [0, 0.05) is 0 Å². The number of amides is 1. The third-order valence-corrected chi connectivity index (χ3v) is 5.73. The number of nitrogens with zero attached hydrogens (tertiary/aromatic N) is 1. The molecule has 1 saturated heterocycles. The molecule has 31 heavy (non-hydrogen) atoms. The number of thioether (sulfide) groups is 1. The van der Waals surface area contributed by atoms with Gasteiger partial charge in [0.15, 0.2) is 10.4 Å². The number of carboxylic acid groups (broad SMARTS) is 2. The van der Waals surface area contributed by atoms with Crippen molar-refractivity contribution >= 4 is 57.9 Å². The van der Waals surface area contributed by atoms with Crippen molar-refractivity contribution in [3.63, 3.8) is 0 Å². The van der Waals surface area contributed by atoms with Crippen molar-refractivity contribution in [3.8, 4) is 5.75 Å². The van der Waals surface area contributed by atoms with Gasteiger partial charge in [0.2, 0.25) is 0 Å². The summed E-state index contributed by atoms with van der Waals surface area (Å²) >= 11 is 6.52. The number of carbonyl (C=O) groups excluding carboxylic acids is 1. The van der Waals surface area contributed by atoms with Gasteiger partial charge in [-0.25, -0.2) is 4.79 Å². The number of benzene rings is 2. The summed E-state index contributed by atoms with van der Waals surface area (Å²) in [4.78, 5) is 36.8. The summed E-state index contributed by atoms with van der Waals surface area (Å²) in [5, 5.41) is 18.0. The van der Waals surface area contributed by atoms with E-state index >= 15 is 0 Å². The van der Waals surface area contributed by atoms with Crippen LogP contribution in [0.25, 0.3) is 6.08 Å². The molecule has 0 radical (unpaired) electrons. The highest BCUT2D eigenvalue weighted by molar-refractivity contribution is 8.27. The lowest BCUT2D eigenvalue weighted by molar-refractivity contribution is -0.145. The number of carbonyl (C=O) groups is 3. The maximum Gasteiger partial charge on any atom is 0.344 e. The summed E-state index contributed by atoms with van der Waals surface area (Å²) in [7, 11) is 0. The Morgan fingerprint density at radius 2 is 1.90 bits per heavy atom. The number of aliphatic carboxylic acids is 2. The van der Waals surface area contributed by atoms with E-state index in [1.54, 1.807) is 61.5 Å². The monoisotopic (exact) mass is 457 g/mol. The van der Waals surface area contributed by atoms with E-state index in [1.807, 2.05) is 0 Å². The number of ether oxygens (including phenoxy) is 1. The van der Waals surface area contributed by atoms with Gasteiger partial charge in [0.05, 0.1) is 17.0 Å². The van der Waals surface area contributed by atoms with Crippen LogP contribution in [0.3, 0.4) is 0 Å². The second kappa shape index (κ2) is 9.76. The Balaban J connectivity index is 1.79. The van der Waals surface area contributed by atoms with Crippen LogP contribution in [-0.4, -0.2) is 38.5 Å². The van der Waals surface area contributed by atoms with Crippen LogP contribution >= 0.6 is 24.0 Å². The summed E-state index contributed by atoms with van der Waals surface area (Å²) < 4.78 is 5.88. The second-order valence-corrected chi connectivity index (χ2v) is 8.36. The van der Waals surface area contributed by atoms with E-state index in [9.17, 15) is 14.4 Å². The SMILES string of the molecule is CCC(Oc1cccc(/C=C2\SC(=S)N(c3ccc(CC(=O)O)cc3)C2=O)c1)C(=O)O. The van der Waals surface area contributed by atoms with Gasteiger partial charge in [-0.3, -0.25) is 14.5 Å². The van der Waals surface area contributed by atoms with E-state index in [0.29, 0.717) is 38.2 Å². The molecule has 0 saturated carbocycles. The Bertz CT molecular complexity index is 1060. The molecule has 2 aromatic carbocycles. The van der Waals surface area contributed by atoms with E-state index in [2.05, 4.69) is 0 Å². The first-order valence-electron chi connectivity index (χ1n) is 9.36. The number of carboxylic acids is 2. The Hall–Kier alpha value is -3.17. The standard InChI is InChI=1S/C22H19NO6S2/c1-2-17(21(27)28)29-16-5-3-4-14(10-16)11-18-20(26)23(22(30)31-18)15-8-6-13(7-9-15)12-19(24)25/h3-11,17H,2,12H2,1H3,(H,24,25)(H,27,28)/b18-11-. The summed E-state index contributed by atoms with van der Waals surface area (Å²) in [5.41, 5.74) is 1.86. The van der Waals surface area contributed by atoms with Gasteiger partial charge in [-0.2, -0.15) is 0 Å². The molecular formula is C22H19NO6S2. The Kier molecular flexibility index (Phi) is 7.09. The minimum atomic E-state index is -1.04. The minimum absolute atomic E-state index is 0.0995. The first-order chi connectivity index (χ1) is 14.8. The predicted molar refractivity (Wildman–Crippen MR) is 122 cm³/mol. The highest BCUT2D eigenvalue weighted by Crippen LogP contribution is 2.36. The molecule has 160 valence electrons. The normalized spacial score (nSPS) is 15.9. The summed E-state index contributed by atoms with van der Waals surface area (Å²) in [5.74, 6) is -1.86. The van der Waals surface area contributed by atoms with Crippen molar-refractivity contribution in [3.05, 3.63) is 64.6 Å². The van der Waals surface area contributed by atoms with Crippen LogP contribution in [0, 0.1) is 0 Å². The zero-order valence-corrected chi connectivity index (χ0v) is 18.1. The van der Waals surface area contributed by atoms with Crippen molar-refractivity contribution in [1.82, 2.24) is 0 Å². The fourth-order valence-electron chi connectivity index (χ4n) is 2.93. The van der Waals surface area contributed by atoms with E-state index in [4.69, 9.17) is 27.2 Å². The zero-order chi connectivity index (χ0) is 22.5. The lowest BCUT2D eigenvalue weighted by Gasteiger charge is -2.15. The summed E-state index contributed by atoms with van der Waals surface area (Å²) in [6.07, 6.45) is 0.950. The number of thiocarbonyl (C=S) groups is 1. The van der Waals surface area contributed by atoms with Gasteiger partial charge in [0.1, 0.15) is 5.75 Å². The molecule has 0 spiro atoms. The van der Waals surface area contributed by atoms with Gasteiger partial charge in [0.25, 0.3) is 5.91 Å². The van der Waals surface area contributed by atoms with E-state index < -0.39 is 18.0 Å². The third kappa shape index (κ3) is 5.50. The molecule has 2 N–H and O–H groups in total. The lowest BCUT2D eigenvalue weighted by atomic mass is 10.1. The lowest BCUT2D eigenvalue weighted by Crippen LogP contribution is -2.27. The molecule has 2 aromatic rings. The quantitative estimate of drug-likeness (QED) is 0.453. The molecule has 1 aliphatic rings. The topological polar surface area (TPSA) is 104 Å². The molecule has 1 aliphatic heterocycles. The predicted octanol–water partition coefficient (Wildman–Crippen LogP) is 3.96. The fourth-order valence-corrected chi connectivity index (χ4v) is 4.23. The van der Waals surface area contributed by atoms with Crippen molar-refractivity contribution in [2.45, 2.75) is 25.9 Å². The van der Waals surface area contributed by atoms with Crippen LogP contribution in [0.15, 0.2) is 53.4 Å². The largest absolute Gasteiger partial charge is 0.481 e. The molecule has 1 fully saturated rings. The maximum absolute atomic E-state index is 12.9. The van der Waals surface area contributed by atoms with Crippen molar-refractivity contribution in [2.75, 3.05) is 4.90 Å². The zero-order valence-electron chi connectivity index (χ0n) is 16.5. The highest BCUT2D eigenvalue weighted by Gasteiger charge is 2.33. The van der Waals surface area contributed by atoms with Crippen LogP contribution in [0.5, 0.6) is 5.75 Å². The average molecular weight is 458 g/mol. The molecule has 0 aliphatic carbocycles. The average Bonchev–Trinajstić information content (AvgIpc) is 2.99.